The summed E-state index contributed by atoms with van der Waals surface area (Å²) in [5.41, 5.74) is 1.50. The molecule has 0 saturated heterocycles. The van der Waals surface area contributed by atoms with Gasteiger partial charge in [0, 0.05) is 18.0 Å². The molecule has 1 amide bonds. The fourth-order valence-electron chi connectivity index (χ4n) is 2.29. The molecule has 3 rings (SSSR count). The zero-order valence-corrected chi connectivity index (χ0v) is 13.9. The molecule has 1 aromatic heterocycles. The molecule has 2 aromatic carbocycles. The summed E-state index contributed by atoms with van der Waals surface area (Å²) in [6.45, 7) is 0.815. The maximum absolute atomic E-state index is 12.1. The lowest BCUT2D eigenvalue weighted by molar-refractivity contribution is 0.0947. The number of carbonyl (C=O) groups excluding carboxylic acids is 1. The Labute approximate surface area is 146 Å². The van der Waals surface area contributed by atoms with E-state index in [1.54, 1.807) is 30.1 Å². The van der Waals surface area contributed by atoms with Crippen LogP contribution in [0.5, 0.6) is 11.5 Å². The highest BCUT2D eigenvalue weighted by Gasteiger charge is 2.05. The van der Waals surface area contributed by atoms with Crippen LogP contribution in [0.3, 0.4) is 0 Å². The molecule has 6 nitrogen and oxygen atoms in total. The third kappa shape index (κ3) is 4.38. The molecule has 0 aliphatic heterocycles. The Morgan fingerprint density at radius 2 is 1.80 bits per heavy atom. The van der Waals surface area contributed by atoms with Gasteiger partial charge in [0.25, 0.3) is 5.91 Å². The Balaban J connectivity index is 1.45. The first-order valence-corrected chi connectivity index (χ1v) is 7.91. The standard InChI is InChI=1S/C19H19N3O3/c1-24-17-7-9-18(10-8-17)25-14-12-20-19(23)15-3-5-16(6-4-15)22-13-2-11-21-22/h2-11,13H,12,14H2,1H3,(H,20,23). The summed E-state index contributed by atoms with van der Waals surface area (Å²) in [5.74, 6) is 1.38. The Bertz CT molecular complexity index is 797. The van der Waals surface area contributed by atoms with Gasteiger partial charge in [-0.15, -0.1) is 0 Å². The summed E-state index contributed by atoms with van der Waals surface area (Å²) in [5, 5.41) is 6.99. The summed E-state index contributed by atoms with van der Waals surface area (Å²) in [7, 11) is 1.62. The van der Waals surface area contributed by atoms with E-state index < -0.39 is 0 Å². The average Bonchev–Trinajstić information content (AvgIpc) is 3.20. The molecule has 128 valence electrons. The van der Waals surface area contributed by atoms with Gasteiger partial charge in [-0.1, -0.05) is 0 Å². The summed E-state index contributed by atoms with van der Waals surface area (Å²) < 4.78 is 12.4. The van der Waals surface area contributed by atoms with Crippen LogP contribution in [-0.4, -0.2) is 35.9 Å². The van der Waals surface area contributed by atoms with Crippen LogP contribution in [0, 0.1) is 0 Å². The second kappa shape index (κ2) is 8.01. The van der Waals surface area contributed by atoms with E-state index in [2.05, 4.69) is 10.4 Å². The molecule has 0 bridgehead atoms. The second-order valence-electron chi connectivity index (χ2n) is 5.28. The lowest BCUT2D eigenvalue weighted by atomic mass is 10.2. The second-order valence-corrected chi connectivity index (χ2v) is 5.28. The molecule has 0 saturated carbocycles. The van der Waals surface area contributed by atoms with E-state index >= 15 is 0 Å². The van der Waals surface area contributed by atoms with E-state index in [0.29, 0.717) is 18.7 Å². The number of methoxy groups -OCH3 is 1. The Hall–Kier alpha value is -3.28. The topological polar surface area (TPSA) is 65.4 Å². The molecule has 3 aromatic rings. The zero-order valence-electron chi connectivity index (χ0n) is 13.9. The van der Waals surface area contributed by atoms with Crippen LogP contribution in [0.4, 0.5) is 0 Å². The van der Waals surface area contributed by atoms with Crippen LogP contribution in [-0.2, 0) is 0 Å². The van der Waals surface area contributed by atoms with Crippen molar-refractivity contribution in [2.24, 2.45) is 0 Å². The van der Waals surface area contributed by atoms with E-state index in [1.807, 2.05) is 48.7 Å². The van der Waals surface area contributed by atoms with Crippen LogP contribution in [0.2, 0.25) is 0 Å². The molecular formula is C19H19N3O3. The third-order valence-corrected chi connectivity index (χ3v) is 3.61. The lowest BCUT2D eigenvalue weighted by Gasteiger charge is -2.09. The van der Waals surface area contributed by atoms with Crippen LogP contribution >= 0.6 is 0 Å². The Morgan fingerprint density at radius 3 is 2.44 bits per heavy atom. The molecule has 0 fully saturated rings. The Kier molecular flexibility index (Phi) is 5.31. The molecule has 1 N–H and O–H groups in total. The highest BCUT2D eigenvalue weighted by Crippen LogP contribution is 2.16. The van der Waals surface area contributed by atoms with Gasteiger partial charge < -0.3 is 14.8 Å². The van der Waals surface area contributed by atoms with Gasteiger partial charge in [0.2, 0.25) is 0 Å². The molecular weight excluding hydrogens is 318 g/mol. The number of ether oxygens (including phenoxy) is 2. The highest BCUT2D eigenvalue weighted by molar-refractivity contribution is 5.94. The van der Waals surface area contributed by atoms with Crippen LogP contribution in [0.15, 0.2) is 67.0 Å². The summed E-state index contributed by atoms with van der Waals surface area (Å²) in [6, 6.07) is 16.4. The number of nitrogens with one attached hydrogen (secondary N) is 1. The summed E-state index contributed by atoms with van der Waals surface area (Å²) in [4.78, 5) is 12.1. The largest absolute Gasteiger partial charge is 0.497 e. The van der Waals surface area contributed by atoms with Gasteiger partial charge in [0.1, 0.15) is 18.1 Å². The molecule has 0 radical (unpaired) electrons. The monoisotopic (exact) mass is 337 g/mol. The summed E-state index contributed by atoms with van der Waals surface area (Å²) >= 11 is 0. The van der Waals surface area contributed by atoms with E-state index in [1.165, 1.54) is 0 Å². The number of rotatable bonds is 7. The number of carbonyl (C=O) groups is 1. The fourth-order valence-corrected chi connectivity index (χ4v) is 2.29. The third-order valence-electron chi connectivity index (χ3n) is 3.61. The molecule has 0 spiro atoms. The van der Waals surface area contributed by atoms with Crippen molar-refractivity contribution in [3.8, 4) is 17.2 Å². The van der Waals surface area contributed by atoms with Crippen molar-refractivity contribution < 1.29 is 14.3 Å². The maximum Gasteiger partial charge on any atom is 0.251 e. The normalized spacial score (nSPS) is 10.3. The first-order chi connectivity index (χ1) is 12.3. The first-order valence-electron chi connectivity index (χ1n) is 7.91. The van der Waals surface area contributed by atoms with Crippen LogP contribution in [0.1, 0.15) is 10.4 Å². The van der Waals surface area contributed by atoms with Gasteiger partial charge >= 0.3 is 0 Å². The fraction of sp³-hybridized carbons (Fsp3) is 0.158. The van der Waals surface area contributed by atoms with E-state index in [9.17, 15) is 4.79 Å². The number of aromatic nitrogens is 2. The maximum atomic E-state index is 12.1. The van der Waals surface area contributed by atoms with Crippen molar-refractivity contribution >= 4 is 5.91 Å². The van der Waals surface area contributed by atoms with Gasteiger partial charge in [-0.2, -0.15) is 5.10 Å². The van der Waals surface area contributed by atoms with Gasteiger partial charge in [-0.05, 0) is 54.6 Å². The van der Waals surface area contributed by atoms with Gasteiger partial charge in [-0.25, -0.2) is 4.68 Å². The molecule has 25 heavy (non-hydrogen) atoms. The number of amides is 1. The smallest absolute Gasteiger partial charge is 0.251 e. The minimum Gasteiger partial charge on any atom is -0.497 e. The van der Waals surface area contributed by atoms with Gasteiger partial charge in [0.05, 0.1) is 19.3 Å². The number of hydrogen-bond acceptors (Lipinski definition) is 4. The first kappa shape index (κ1) is 16.6. The van der Waals surface area contributed by atoms with Crippen molar-refractivity contribution in [3.63, 3.8) is 0 Å². The van der Waals surface area contributed by atoms with Gasteiger partial charge in [0.15, 0.2) is 0 Å². The van der Waals surface area contributed by atoms with E-state index in [0.717, 1.165) is 17.2 Å². The minimum atomic E-state index is -0.134. The van der Waals surface area contributed by atoms with Gasteiger partial charge in [-0.3, -0.25) is 4.79 Å². The number of hydrogen-bond donors (Lipinski definition) is 1. The van der Waals surface area contributed by atoms with E-state index in [-0.39, 0.29) is 5.91 Å². The number of nitrogens with zero attached hydrogens (tertiary/aromatic N) is 2. The molecule has 0 atom stereocenters. The minimum absolute atomic E-state index is 0.134. The molecule has 1 heterocycles. The van der Waals surface area contributed by atoms with E-state index in [4.69, 9.17) is 9.47 Å². The van der Waals surface area contributed by atoms with Crippen molar-refractivity contribution in [1.82, 2.24) is 15.1 Å². The van der Waals surface area contributed by atoms with Crippen LogP contribution in [0.25, 0.3) is 5.69 Å². The lowest BCUT2D eigenvalue weighted by Crippen LogP contribution is -2.28. The quantitative estimate of drug-likeness (QED) is 0.673. The zero-order chi connectivity index (χ0) is 17.5. The van der Waals surface area contributed by atoms with Crippen molar-refractivity contribution in [1.29, 1.82) is 0 Å². The number of benzene rings is 2. The molecule has 6 heteroatoms. The van der Waals surface area contributed by atoms with Crippen molar-refractivity contribution in [2.75, 3.05) is 20.3 Å². The van der Waals surface area contributed by atoms with Crippen molar-refractivity contribution in [3.05, 3.63) is 72.6 Å². The Morgan fingerprint density at radius 1 is 1.08 bits per heavy atom. The van der Waals surface area contributed by atoms with Crippen LogP contribution < -0.4 is 14.8 Å². The van der Waals surface area contributed by atoms with Crippen molar-refractivity contribution in [2.45, 2.75) is 0 Å². The highest BCUT2D eigenvalue weighted by atomic mass is 16.5. The summed E-state index contributed by atoms with van der Waals surface area (Å²) in [6.07, 6.45) is 3.56. The SMILES string of the molecule is COc1ccc(OCCNC(=O)c2ccc(-n3cccn3)cc2)cc1. The molecule has 0 unspecified atom stereocenters. The molecule has 0 aliphatic carbocycles. The molecule has 0 aliphatic rings. The average molecular weight is 337 g/mol. The predicted molar refractivity (Wildman–Crippen MR) is 94.4 cm³/mol. The predicted octanol–water partition coefficient (Wildman–Crippen LogP) is 2.69.